The number of hydrogen-bond donors (Lipinski definition) is 2. The lowest BCUT2D eigenvalue weighted by Gasteiger charge is -2.19. The van der Waals surface area contributed by atoms with Crippen molar-refractivity contribution in [2.75, 3.05) is 46.6 Å². The van der Waals surface area contributed by atoms with Crippen LogP contribution < -0.4 is 20.1 Å². The van der Waals surface area contributed by atoms with Crippen LogP contribution in [-0.4, -0.2) is 58.7 Å². The van der Waals surface area contributed by atoms with Gasteiger partial charge in [0.2, 0.25) is 0 Å². The summed E-state index contributed by atoms with van der Waals surface area (Å²) in [6, 6.07) is 6.03. The Labute approximate surface area is 186 Å². The summed E-state index contributed by atoms with van der Waals surface area (Å²) in [6.07, 6.45) is 7.03. The lowest BCUT2D eigenvalue weighted by molar-refractivity contribution is 0.0888. The van der Waals surface area contributed by atoms with Gasteiger partial charge in [-0.15, -0.1) is 0 Å². The SMILES string of the molecule is CCNC(=NCc1cccc(OC)c1OC1CCCC1)NCCCOCC1CCOC1. The second-order valence-corrected chi connectivity index (χ2v) is 8.25. The van der Waals surface area contributed by atoms with Crippen LogP contribution >= 0.6 is 0 Å². The molecule has 0 amide bonds. The van der Waals surface area contributed by atoms with Crippen molar-refractivity contribution in [3.63, 3.8) is 0 Å². The molecule has 1 aromatic rings. The highest BCUT2D eigenvalue weighted by atomic mass is 16.5. The van der Waals surface area contributed by atoms with Crippen molar-refractivity contribution in [3.8, 4) is 11.5 Å². The highest BCUT2D eigenvalue weighted by molar-refractivity contribution is 5.79. The highest BCUT2D eigenvalue weighted by Gasteiger charge is 2.20. The van der Waals surface area contributed by atoms with Crippen LogP contribution in [0.2, 0.25) is 0 Å². The summed E-state index contributed by atoms with van der Waals surface area (Å²) in [4.78, 5) is 4.78. The Morgan fingerprint density at radius 2 is 2.06 bits per heavy atom. The van der Waals surface area contributed by atoms with E-state index in [9.17, 15) is 0 Å². The number of nitrogens with zero attached hydrogens (tertiary/aromatic N) is 1. The van der Waals surface area contributed by atoms with Crippen molar-refractivity contribution in [1.82, 2.24) is 10.6 Å². The van der Waals surface area contributed by atoms with Crippen molar-refractivity contribution in [3.05, 3.63) is 23.8 Å². The summed E-state index contributed by atoms with van der Waals surface area (Å²) in [6.45, 7) is 7.50. The maximum Gasteiger partial charge on any atom is 0.191 e. The molecule has 0 radical (unpaired) electrons. The van der Waals surface area contributed by atoms with Gasteiger partial charge in [-0.1, -0.05) is 12.1 Å². The Morgan fingerprint density at radius 1 is 1.19 bits per heavy atom. The van der Waals surface area contributed by atoms with E-state index in [1.807, 2.05) is 12.1 Å². The molecule has 1 aliphatic heterocycles. The first-order valence-corrected chi connectivity index (χ1v) is 11.8. The van der Waals surface area contributed by atoms with E-state index in [2.05, 4.69) is 23.6 Å². The number of rotatable bonds is 12. The lowest BCUT2D eigenvalue weighted by atomic mass is 10.1. The van der Waals surface area contributed by atoms with E-state index in [1.165, 1.54) is 12.8 Å². The van der Waals surface area contributed by atoms with Crippen LogP contribution in [-0.2, 0) is 16.0 Å². The highest BCUT2D eigenvalue weighted by Crippen LogP contribution is 2.35. The molecule has 1 unspecified atom stereocenters. The van der Waals surface area contributed by atoms with E-state index in [0.717, 1.165) is 88.2 Å². The van der Waals surface area contributed by atoms with Gasteiger partial charge >= 0.3 is 0 Å². The number of hydrogen-bond acceptors (Lipinski definition) is 5. The van der Waals surface area contributed by atoms with Crippen molar-refractivity contribution in [2.24, 2.45) is 10.9 Å². The van der Waals surface area contributed by atoms with Crippen molar-refractivity contribution < 1.29 is 18.9 Å². The molecule has 31 heavy (non-hydrogen) atoms. The smallest absolute Gasteiger partial charge is 0.191 e. The van der Waals surface area contributed by atoms with Crippen LogP contribution in [0.4, 0.5) is 0 Å². The first-order valence-electron chi connectivity index (χ1n) is 11.8. The number of ether oxygens (including phenoxy) is 4. The molecule has 1 saturated carbocycles. The van der Waals surface area contributed by atoms with E-state index in [1.54, 1.807) is 7.11 Å². The maximum atomic E-state index is 6.33. The van der Waals surface area contributed by atoms with Gasteiger partial charge in [-0.05, 0) is 51.5 Å². The molecule has 3 rings (SSSR count). The van der Waals surface area contributed by atoms with Gasteiger partial charge in [-0.25, -0.2) is 4.99 Å². The van der Waals surface area contributed by atoms with Gasteiger partial charge < -0.3 is 29.6 Å². The summed E-state index contributed by atoms with van der Waals surface area (Å²) in [7, 11) is 1.69. The van der Waals surface area contributed by atoms with Gasteiger partial charge in [0.15, 0.2) is 17.5 Å². The van der Waals surface area contributed by atoms with Crippen LogP contribution in [0.3, 0.4) is 0 Å². The predicted molar refractivity (Wildman–Crippen MR) is 123 cm³/mol. The zero-order valence-electron chi connectivity index (χ0n) is 19.2. The molecule has 7 heteroatoms. The zero-order valence-corrected chi connectivity index (χ0v) is 19.2. The standard InChI is InChI=1S/C24H39N3O4/c1-3-25-24(26-13-7-14-29-17-19-12-15-30-18-19)27-16-20-8-6-11-22(28-2)23(20)31-21-9-4-5-10-21/h6,8,11,19,21H,3-5,7,9-10,12-18H2,1-2H3,(H2,25,26,27). The molecule has 1 aromatic carbocycles. The Morgan fingerprint density at radius 3 is 2.81 bits per heavy atom. The van der Waals surface area contributed by atoms with Crippen LogP contribution in [0, 0.1) is 5.92 Å². The second-order valence-electron chi connectivity index (χ2n) is 8.25. The number of benzene rings is 1. The fourth-order valence-electron chi connectivity index (χ4n) is 4.00. The largest absolute Gasteiger partial charge is 0.493 e. The first kappa shape index (κ1) is 23.7. The van der Waals surface area contributed by atoms with Crippen LogP contribution in [0.1, 0.15) is 51.0 Å². The van der Waals surface area contributed by atoms with Crippen molar-refractivity contribution in [1.29, 1.82) is 0 Å². The summed E-state index contributed by atoms with van der Waals surface area (Å²) in [5, 5.41) is 6.72. The monoisotopic (exact) mass is 433 g/mol. The molecule has 1 atom stereocenters. The molecule has 2 N–H and O–H groups in total. The molecule has 2 fully saturated rings. The van der Waals surface area contributed by atoms with E-state index in [-0.39, 0.29) is 6.10 Å². The third kappa shape index (κ3) is 7.89. The number of aliphatic imine (C=N–C) groups is 1. The summed E-state index contributed by atoms with van der Waals surface area (Å²) in [5.41, 5.74) is 1.05. The minimum absolute atomic E-state index is 0.279. The molecule has 174 valence electrons. The molecule has 0 aromatic heterocycles. The van der Waals surface area contributed by atoms with Crippen molar-refractivity contribution >= 4 is 5.96 Å². The third-order valence-electron chi connectivity index (χ3n) is 5.75. The van der Waals surface area contributed by atoms with Gasteiger partial charge in [0, 0.05) is 37.8 Å². The maximum absolute atomic E-state index is 6.33. The lowest BCUT2D eigenvalue weighted by Crippen LogP contribution is -2.38. The molecule has 0 spiro atoms. The average molecular weight is 434 g/mol. The molecular weight excluding hydrogens is 394 g/mol. The molecule has 1 saturated heterocycles. The first-order chi connectivity index (χ1) is 15.3. The van der Waals surface area contributed by atoms with E-state index < -0.39 is 0 Å². The Balaban J connectivity index is 1.49. The minimum Gasteiger partial charge on any atom is -0.493 e. The quantitative estimate of drug-likeness (QED) is 0.299. The summed E-state index contributed by atoms with van der Waals surface area (Å²) in [5.74, 6) is 2.99. The Kier molecular flexibility index (Phi) is 10.3. The molecule has 0 bridgehead atoms. The number of guanidine groups is 1. The zero-order chi connectivity index (χ0) is 21.7. The van der Waals surface area contributed by atoms with E-state index in [4.69, 9.17) is 23.9 Å². The van der Waals surface area contributed by atoms with Gasteiger partial charge in [0.05, 0.1) is 33.0 Å². The molecular formula is C24H39N3O4. The van der Waals surface area contributed by atoms with Crippen LogP contribution in [0.5, 0.6) is 11.5 Å². The molecule has 2 aliphatic rings. The molecule has 1 aliphatic carbocycles. The van der Waals surface area contributed by atoms with E-state index >= 15 is 0 Å². The molecule has 1 heterocycles. The van der Waals surface area contributed by atoms with Gasteiger partial charge in [0.25, 0.3) is 0 Å². The van der Waals surface area contributed by atoms with E-state index in [0.29, 0.717) is 12.5 Å². The fourth-order valence-corrected chi connectivity index (χ4v) is 4.00. The average Bonchev–Trinajstić information content (AvgIpc) is 3.49. The second kappa shape index (κ2) is 13.4. The van der Waals surface area contributed by atoms with Gasteiger partial charge in [-0.2, -0.15) is 0 Å². The van der Waals surface area contributed by atoms with Crippen LogP contribution in [0.25, 0.3) is 0 Å². The number of nitrogens with one attached hydrogen (secondary N) is 2. The summed E-state index contributed by atoms with van der Waals surface area (Å²) < 4.78 is 23.1. The predicted octanol–water partition coefficient (Wildman–Crippen LogP) is 3.51. The van der Waals surface area contributed by atoms with Crippen LogP contribution in [0.15, 0.2) is 23.2 Å². The summed E-state index contributed by atoms with van der Waals surface area (Å²) >= 11 is 0. The number of methoxy groups -OCH3 is 1. The number of para-hydroxylation sites is 1. The fraction of sp³-hybridized carbons (Fsp3) is 0.708. The Hall–Kier alpha value is -1.99. The van der Waals surface area contributed by atoms with Gasteiger partial charge in [-0.3, -0.25) is 0 Å². The topological polar surface area (TPSA) is 73.3 Å². The third-order valence-corrected chi connectivity index (χ3v) is 5.75. The minimum atomic E-state index is 0.279. The molecule has 7 nitrogen and oxygen atoms in total. The Bertz CT molecular complexity index is 671. The van der Waals surface area contributed by atoms with Gasteiger partial charge in [0.1, 0.15) is 0 Å². The van der Waals surface area contributed by atoms with Crippen molar-refractivity contribution in [2.45, 2.75) is 58.1 Å². The normalized spacial score (nSPS) is 19.5.